The van der Waals surface area contributed by atoms with Gasteiger partial charge in [0.15, 0.2) is 10.8 Å². The lowest BCUT2D eigenvalue weighted by Gasteiger charge is -2.31. The Balaban J connectivity index is 1.71. The van der Waals surface area contributed by atoms with Gasteiger partial charge in [-0.1, -0.05) is 11.6 Å². The molecular weight excluding hydrogens is 744 g/mol. The van der Waals surface area contributed by atoms with Crippen LogP contribution >= 0.6 is 23.8 Å². The molecule has 20 heteroatoms. The van der Waals surface area contributed by atoms with Crippen molar-refractivity contribution in [1.29, 1.82) is 0 Å². The summed E-state index contributed by atoms with van der Waals surface area (Å²) in [5, 5.41) is 37.4. The maximum absolute atomic E-state index is 14.0. The average molecular weight is 793 g/mol. The lowest BCUT2D eigenvalue weighted by Crippen LogP contribution is -2.59. The van der Waals surface area contributed by atoms with Crippen molar-refractivity contribution in [3.05, 3.63) is 47.2 Å². The summed E-state index contributed by atoms with van der Waals surface area (Å²) in [6, 6.07) is 3.45. The molecule has 1 fully saturated rings. The molecule has 0 bridgehead atoms. The first-order chi connectivity index (χ1) is 25.7. The third kappa shape index (κ3) is 13.3. The summed E-state index contributed by atoms with van der Waals surface area (Å²) in [6.07, 6.45) is 3.19. The first kappa shape index (κ1) is 43.7. The second kappa shape index (κ2) is 21.9. The number of unbranched alkanes of at least 4 members (excludes halogenated alkanes) is 2. The van der Waals surface area contributed by atoms with Crippen LogP contribution in [0, 0.1) is 0 Å². The highest BCUT2D eigenvalue weighted by molar-refractivity contribution is 7.80. The number of carboxylic acids is 1. The summed E-state index contributed by atoms with van der Waals surface area (Å²) < 4.78 is 1.25. The van der Waals surface area contributed by atoms with Gasteiger partial charge in [-0.3, -0.25) is 28.8 Å². The van der Waals surface area contributed by atoms with Gasteiger partial charge in [-0.05, 0) is 114 Å². The molecule has 296 valence electrons. The highest BCUT2D eigenvalue weighted by atomic mass is 35.5. The smallest absolute Gasteiger partial charge is 0.322 e. The lowest BCUT2D eigenvalue weighted by atomic mass is 10.0. The molecule has 54 heavy (non-hydrogen) atoms. The number of hydrogen-bond acceptors (Lipinski definition) is 11. The number of carbonyl (C=O) groups excluding carboxylic acids is 5. The number of aromatic nitrogens is 2. The number of carbonyl (C=O) groups is 6. The Kier molecular flexibility index (Phi) is 17.7. The zero-order chi connectivity index (χ0) is 39.8. The van der Waals surface area contributed by atoms with Crippen molar-refractivity contribution in [3.63, 3.8) is 0 Å². The molecule has 0 aliphatic carbocycles. The summed E-state index contributed by atoms with van der Waals surface area (Å²) in [7, 11) is 0. The number of hydrogen-bond donors (Lipinski definition) is 9. The molecule has 5 atom stereocenters. The predicted molar refractivity (Wildman–Crippen MR) is 203 cm³/mol. The van der Waals surface area contributed by atoms with Crippen molar-refractivity contribution >= 4 is 70.1 Å². The van der Waals surface area contributed by atoms with Gasteiger partial charge in [0.25, 0.3) is 5.91 Å². The molecule has 1 aromatic heterocycles. The van der Waals surface area contributed by atoms with E-state index in [2.05, 4.69) is 31.7 Å². The number of benzene rings is 1. The van der Waals surface area contributed by atoms with E-state index in [0.29, 0.717) is 55.9 Å². The standard InChI is InChI=1S/C34H49ClN10O8S/c1-20(46)28(42-30(50)24-14-18-45(43-24)34(54)39-22-12-10-21(35)11-13-22)32(52)41-25(8-3-5-16-37)33(53)44-17-6-9-26(44)31(51)40-23(7-2-4-15-36)29(49)38-19-27(47)48/h10-14,18,20,23,25-26,28,46H,2-9,15-17,19,36-37H2,1H3,(H,38,49)(H,39,54)(H,40,51)(H,41,52)(H,42,50)(H,47,48)/t20?,23?,25?,26-,28?/m0/s1. The van der Waals surface area contributed by atoms with E-state index >= 15 is 0 Å². The van der Waals surface area contributed by atoms with Crippen LogP contribution < -0.4 is 38.1 Å². The van der Waals surface area contributed by atoms with Gasteiger partial charge in [0.2, 0.25) is 23.6 Å². The molecule has 1 aliphatic rings. The largest absolute Gasteiger partial charge is 0.480 e. The Morgan fingerprint density at radius 3 is 2.20 bits per heavy atom. The predicted octanol–water partition coefficient (Wildman–Crippen LogP) is -0.320. The van der Waals surface area contributed by atoms with E-state index in [1.165, 1.54) is 28.8 Å². The number of thiocarbonyl (C=S) groups is 1. The van der Waals surface area contributed by atoms with Crippen LogP contribution in [0.4, 0.5) is 5.69 Å². The highest BCUT2D eigenvalue weighted by Crippen LogP contribution is 2.21. The fourth-order valence-electron chi connectivity index (χ4n) is 5.72. The number of likely N-dealkylation sites (tertiary alicyclic amines) is 1. The average Bonchev–Trinajstić information content (AvgIpc) is 3.84. The molecule has 18 nitrogen and oxygen atoms in total. The van der Waals surface area contributed by atoms with Crippen molar-refractivity contribution in [2.45, 2.75) is 88.6 Å². The number of aliphatic carboxylic acids is 1. The van der Waals surface area contributed by atoms with Crippen LogP contribution in [0.1, 0.15) is 68.8 Å². The molecule has 2 aromatic rings. The summed E-state index contributed by atoms with van der Waals surface area (Å²) in [6.45, 7) is 1.56. The fraction of sp³-hybridized carbons (Fsp3) is 0.529. The number of halogens is 1. The monoisotopic (exact) mass is 792 g/mol. The van der Waals surface area contributed by atoms with Gasteiger partial charge in [-0.2, -0.15) is 5.10 Å². The molecule has 0 radical (unpaired) electrons. The maximum atomic E-state index is 14.0. The van der Waals surface area contributed by atoms with Gasteiger partial charge in [-0.25, -0.2) is 4.68 Å². The Labute approximate surface area is 323 Å². The summed E-state index contributed by atoms with van der Waals surface area (Å²) >= 11 is 11.3. The summed E-state index contributed by atoms with van der Waals surface area (Å²) in [5.74, 6) is -4.74. The molecule has 1 saturated heterocycles. The zero-order valence-electron chi connectivity index (χ0n) is 30.0. The summed E-state index contributed by atoms with van der Waals surface area (Å²) in [4.78, 5) is 79.4. The van der Waals surface area contributed by atoms with Crippen LogP contribution in [0.25, 0.3) is 0 Å². The maximum Gasteiger partial charge on any atom is 0.322 e. The van der Waals surface area contributed by atoms with Crippen molar-refractivity contribution < 1.29 is 39.0 Å². The number of anilines is 1. The molecule has 5 amide bonds. The first-order valence-corrected chi connectivity index (χ1v) is 18.5. The van der Waals surface area contributed by atoms with E-state index < -0.39 is 72.3 Å². The Hall–Kier alpha value is -4.69. The normalized spacial score (nSPS) is 16.0. The number of nitrogens with one attached hydrogen (secondary N) is 5. The van der Waals surface area contributed by atoms with Gasteiger partial charge in [0.1, 0.15) is 30.7 Å². The molecule has 1 aliphatic heterocycles. The molecular formula is C34H49ClN10O8S. The van der Waals surface area contributed by atoms with Crippen molar-refractivity contribution in [1.82, 2.24) is 35.9 Å². The quantitative estimate of drug-likeness (QED) is 0.0615. The van der Waals surface area contributed by atoms with E-state index in [4.69, 9.17) is 40.4 Å². The Morgan fingerprint density at radius 2 is 1.59 bits per heavy atom. The van der Waals surface area contributed by atoms with E-state index in [1.54, 1.807) is 24.3 Å². The number of carboxylic acid groups (broad SMARTS) is 1. The third-order valence-corrected chi connectivity index (χ3v) is 9.11. The minimum atomic E-state index is -1.50. The molecule has 1 aromatic carbocycles. The number of amides is 5. The Bertz CT molecular complexity index is 1630. The van der Waals surface area contributed by atoms with Gasteiger partial charge in [0.05, 0.1) is 6.10 Å². The zero-order valence-corrected chi connectivity index (χ0v) is 31.5. The second-order valence-electron chi connectivity index (χ2n) is 12.8. The number of aliphatic hydroxyl groups is 1. The fourth-order valence-corrected chi connectivity index (χ4v) is 6.07. The van der Waals surface area contributed by atoms with Crippen LogP contribution in [-0.4, -0.2) is 122 Å². The molecule has 11 N–H and O–H groups in total. The molecule has 0 saturated carbocycles. The van der Waals surface area contributed by atoms with Crippen molar-refractivity contribution in [2.75, 3.05) is 31.5 Å². The molecule has 3 rings (SSSR count). The van der Waals surface area contributed by atoms with Crippen LogP contribution in [0.15, 0.2) is 36.5 Å². The number of rotatable bonds is 20. The Morgan fingerprint density at radius 1 is 0.944 bits per heavy atom. The van der Waals surface area contributed by atoms with Gasteiger partial charge in [-0.15, -0.1) is 0 Å². The van der Waals surface area contributed by atoms with Gasteiger partial charge < -0.3 is 53.2 Å². The lowest BCUT2D eigenvalue weighted by molar-refractivity contribution is -0.143. The third-order valence-electron chi connectivity index (χ3n) is 8.57. The minimum Gasteiger partial charge on any atom is -0.480 e. The van der Waals surface area contributed by atoms with Crippen LogP contribution in [0.2, 0.25) is 5.02 Å². The number of nitrogens with two attached hydrogens (primary N) is 2. The molecule has 0 spiro atoms. The van der Waals surface area contributed by atoms with Gasteiger partial charge >= 0.3 is 5.97 Å². The second-order valence-corrected chi connectivity index (χ2v) is 13.6. The van der Waals surface area contributed by atoms with E-state index in [1.807, 2.05) is 0 Å². The number of nitrogens with zero attached hydrogens (tertiary/aromatic N) is 3. The minimum absolute atomic E-state index is 0.104. The van der Waals surface area contributed by atoms with E-state index in [9.17, 15) is 33.9 Å². The van der Waals surface area contributed by atoms with E-state index in [-0.39, 0.29) is 36.6 Å². The number of aliphatic hydroxyl groups excluding tert-OH is 1. The molecule has 2 heterocycles. The topological polar surface area (TPSA) is 276 Å². The SMILES string of the molecule is CC(O)C(NC(=O)c1ccn(C(=S)Nc2ccc(Cl)cc2)n1)C(=O)NC(CCCCN)C(=O)N1CCC[C@H]1C(=O)NC(CCCCN)C(=O)NCC(=O)O. The van der Waals surface area contributed by atoms with Crippen molar-refractivity contribution in [2.24, 2.45) is 11.5 Å². The van der Waals surface area contributed by atoms with Crippen LogP contribution in [0.5, 0.6) is 0 Å². The van der Waals surface area contributed by atoms with Crippen LogP contribution in [0.3, 0.4) is 0 Å². The van der Waals surface area contributed by atoms with Crippen LogP contribution in [-0.2, 0) is 24.0 Å². The van der Waals surface area contributed by atoms with E-state index in [0.717, 1.165) is 0 Å². The van der Waals surface area contributed by atoms with Gasteiger partial charge in [0, 0.05) is 23.5 Å². The summed E-state index contributed by atoms with van der Waals surface area (Å²) in [5.41, 5.74) is 11.8. The van der Waals surface area contributed by atoms with Crippen molar-refractivity contribution in [3.8, 4) is 0 Å². The first-order valence-electron chi connectivity index (χ1n) is 17.7. The molecule has 4 unspecified atom stereocenters. The highest BCUT2D eigenvalue weighted by Gasteiger charge is 2.39.